The summed E-state index contributed by atoms with van der Waals surface area (Å²) in [5.74, 6) is 0.113. The first-order valence-electron chi connectivity index (χ1n) is 6.98. The fourth-order valence-electron chi connectivity index (χ4n) is 2.44. The number of aromatic hydroxyl groups is 1. The summed E-state index contributed by atoms with van der Waals surface area (Å²) in [6.07, 6.45) is 0. The van der Waals surface area contributed by atoms with Gasteiger partial charge in [-0.2, -0.15) is 0 Å². The summed E-state index contributed by atoms with van der Waals surface area (Å²) in [5, 5.41) is 11.3. The summed E-state index contributed by atoms with van der Waals surface area (Å²) in [7, 11) is 13.1. The van der Waals surface area contributed by atoms with Crippen molar-refractivity contribution in [1.29, 1.82) is 0 Å². The zero-order valence-electron chi connectivity index (χ0n) is 12.1. The SMILES string of the molecule is O=C(C[Te](Cl)(Cl)c1ccc(O)cc1)c1cccc2ccccc12. The van der Waals surface area contributed by atoms with Crippen molar-refractivity contribution in [2.75, 3.05) is 0 Å². The Morgan fingerprint density at radius 3 is 2.30 bits per heavy atom. The van der Waals surface area contributed by atoms with Crippen LogP contribution >= 0.6 is 17.9 Å². The summed E-state index contributed by atoms with van der Waals surface area (Å²) >= 11 is -3.54. The maximum atomic E-state index is 12.7. The topological polar surface area (TPSA) is 37.3 Å². The molecule has 1 N–H and O–H groups in total. The molecule has 2 nitrogen and oxygen atoms in total. The predicted octanol–water partition coefficient (Wildman–Crippen LogP) is 4.56. The number of carbonyl (C=O) groups excluding carboxylic acids is 1. The Kier molecular flexibility index (Phi) is 4.85. The summed E-state index contributed by atoms with van der Waals surface area (Å²) in [6.45, 7) is 0. The van der Waals surface area contributed by atoms with Crippen molar-refractivity contribution in [2.45, 2.75) is 4.47 Å². The number of rotatable bonds is 4. The number of hydrogen-bond donors (Lipinski definition) is 1. The minimum absolute atomic E-state index is 0.0407. The number of phenols is 1. The van der Waals surface area contributed by atoms with Crippen LogP contribution in [0.1, 0.15) is 10.4 Å². The molecule has 3 rings (SSSR count). The van der Waals surface area contributed by atoms with Crippen molar-refractivity contribution in [3.05, 3.63) is 72.3 Å². The third kappa shape index (κ3) is 3.65. The number of fused-ring (bicyclic) bond motifs is 1. The van der Waals surface area contributed by atoms with E-state index in [1.165, 1.54) is 0 Å². The molecule has 0 saturated heterocycles. The van der Waals surface area contributed by atoms with Gasteiger partial charge in [0.15, 0.2) is 0 Å². The van der Waals surface area contributed by atoms with Crippen molar-refractivity contribution in [1.82, 2.24) is 0 Å². The quantitative estimate of drug-likeness (QED) is 0.458. The first-order chi connectivity index (χ1) is 11.0. The molecule has 3 aromatic carbocycles. The van der Waals surface area contributed by atoms with E-state index in [1.807, 2.05) is 42.5 Å². The van der Waals surface area contributed by atoms with Crippen LogP contribution in [0.15, 0.2) is 66.7 Å². The molecule has 23 heavy (non-hydrogen) atoms. The molecule has 0 unspecified atom stereocenters. The van der Waals surface area contributed by atoms with Gasteiger partial charge in [0.05, 0.1) is 0 Å². The van der Waals surface area contributed by atoms with Gasteiger partial charge in [0.1, 0.15) is 0 Å². The van der Waals surface area contributed by atoms with E-state index in [2.05, 4.69) is 0 Å². The summed E-state index contributed by atoms with van der Waals surface area (Å²) in [6, 6.07) is 19.9. The van der Waals surface area contributed by atoms with Gasteiger partial charge in [0.2, 0.25) is 0 Å². The van der Waals surface area contributed by atoms with Gasteiger partial charge in [-0.1, -0.05) is 0 Å². The number of carbonyl (C=O) groups is 1. The molecule has 0 saturated carbocycles. The van der Waals surface area contributed by atoms with Gasteiger partial charge in [0.25, 0.3) is 0 Å². The Labute approximate surface area is 145 Å². The van der Waals surface area contributed by atoms with E-state index in [0.29, 0.717) is 5.56 Å². The van der Waals surface area contributed by atoms with E-state index >= 15 is 0 Å². The van der Waals surface area contributed by atoms with Crippen LogP contribution < -0.4 is 3.61 Å². The Morgan fingerprint density at radius 1 is 0.913 bits per heavy atom. The first kappa shape index (κ1) is 16.6. The number of phenolic OH excluding ortho intramolecular Hbond substituents is 1. The zero-order valence-corrected chi connectivity index (χ0v) is 15.9. The number of halogens is 2. The number of ketones is 1. The van der Waals surface area contributed by atoms with Gasteiger partial charge in [0, 0.05) is 0 Å². The molecule has 0 spiro atoms. The van der Waals surface area contributed by atoms with E-state index in [4.69, 9.17) is 17.9 Å². The molecule has 0 aromatic heterocycles. The van der Waals surface area contributed by atoms with Crippen molar-refractivity contribution in [3.8, 4) is 5.75 Å². The van der Waals surface area contributed by atoms with Crippen molar-refractivity contribution < 1.29 is 9.90 Å². The second-order valence-electron chi connectivity index (χ2n) is 5.16. The molecule has 0 atom stereocenters. The predicted molar refractivity (Wildman–Crippen MR) is 98.3 cm³/mol. The van der Waals surface area contributed by atoms with E-state index in [0.717, 1.165) is 14.4 Å². The van der Waals surface area contributed by atoms with Crippen LogP contribution in [0, 0.1) is 0 Å². The van der Waals surface area contributed by atoms with E-state index < -0.39 is 15.9 Å². The molecule has 0 fully saturated rings. The molecule has 0 bridgehead atoms. The number of benzene rings is 3. The van der Waals surface area contributed by atoms with Crippen LogP contribution in [0.25, 0.3) is 10.8 Å². The molecule has 5 heteroatoms. The average molecular weight is 461 g/mol. The molecule has 3 aromatic rings. The monoisotopic (exact) mass is 462 g/mol. The van der Waals surface area contributed by atoms with Gasteiger partial charge >= 0.3 is 146 Å². The van der Waals surface area contributed by atoms with Crippen LogP contribution in [-0.4, -0.2) is 26.8 Å². The maximum absolute atomic E-state index is 12.7. The van der Waals surface area contributed by atoms with E-state index in [-0.39, 0.29) is 16.0 Å². The zero-order chi connectivity index (χ0) is 16.4. The van der Waals surface area contributed by atoms with Crippen LogP contribution in [0.2, 0.25) is 4.47 Å². The summed E-state index contributed by atoms with van der Waals surface area (Å²) < 4.78 is 0.909. The first-order valence-corrected chi connectivity index (χ1v) is 15.7. The van der Waals surface area contributed by atoms with Gasteiger partial charge in [-0.15, -0.1) is 0 Å². The second kappa shape index (κ2) is 6.71. The van der Waals surface area contributed by atoms with Gasteiger partial charge < -0.3 is 0 Å². The Balaban J connectivity index is 1.92. The average Bonchev–Trinajstić information content (AvgIpc) is 2.54. The van der Waals surface area contributed by atoms with Gasteiger partial charge in [-0.25, -0.2) is 0 Å². The molecule has 0 aliphatic heterocycles. The van der Waals surface area contributed by atoms with Crippen LogP contribution in [-0.2, 0) is 0 Å². The van der Waals surface area contributed by atoms with Crippen molar-refractivity contribution in [3.63, 3.8) is 0 Å². The van der Waals surface area contributed by atoms with Gasteiger partial charge in [-0.05, 0) is 0 Å². The van der Waals surface area contributed by atoms with Gasteiger partial charge in [-0.3, -0.25) is 0 Å². The molecule has 0 aliphatic rings. The second-order valence-corrected chi connectivity index (χ2v) is 18.7. The van der Waals surface area contributed by atoms with Crippen LogP contribution in [0.4, 0.5) is 0 Å². The Morgan fingerprint density at radius 2 is 1.57 bits per heavy atom. The molecule has 118 valence electrons. The normalized spacial score (nSPS) is 12.3. The summed E-state index contributed by atoms with van der Waals surface area (Å²) in [5.41, 5.74) is 0.652. The Bertz CT molecular complexity index is 855. The van der Waals surface area contributed by atoms with Crippen molar-refractivity contribution >= 4 is 54.0 Å². The fraction of sp³-hybridized carbons (Fsp3) is 0.0556. The molecule has 0 radical (unpaired) electrons. The third-order valence-corrected chi connectivity index (χ3v) is 12.0. The van der Waals surface area contributed by atoms with E-state index in [9.17, 15) is 9.90 Å². The molecule has 0 amide bonds. The third-order valence-electron chi connectivity index (χ3n) is 3.58. The van der Waals surface area contributed by atoms with E-state index in [1.54, 1.807) is 24.3 Å². The minimum atomic E-state index is -3.54. The number of Topliss-reactive ketones (excluding diaryl/α,β-unsaturated/α-hetero) is 1. The summed E-state index contributed by atoms with van der Waals surface area (Å²) in [4.78, 5) is 12.7. The number of hydrogen-bond acceptors (Lipinski definition) is 2. The molecule has 0 aliphatic carbocycles. The van der Waals surface area contributed by atoms with Crippen molar-refractivity contribution in [2.24, 2.45) is 0 Å². The Hall–Kier alpha value is -1.24. The van der Waals surface area contributed by atoms with Crippen LogP contribution in [0.5, 0.6) is 5.75 Å². The fourth-order valence-corrected chi connectivity index (χ4v) is 8.53. The molecular weight excluding hydrogens is 447 g/mol. The van der Waals surface area contributed by atoms with Crippen LogP contribution in [0.3, 0.4) is 0 Å². The molecular formula is C18H14Cl2O2Te. The molecule has 0 heterocycles. The standard InChI is InChI=1S/C18H14Cl2O2Te/c19-23(20,15-10-8-14(21)9-11-15)12-18(22)17-7-3-5-13-4-1-2-6-16(13)17/h1-11,21H,12H2.